The Morgan fingerprint density at radius 1 is 0.969 bits per heavy atom. The fourth-order valence-electron chi connectivity index (χ4n) is 4.12. The normalized spacial score (nSPS) is 12.4. The molecule has 1 aromatic heterocycles. The van der Waals surface area contributed by atoms with Gasteiger partial charge in [-0.3, -0.25) is 0 Å². The van der Waals surface area contributed by atoms with Gasteiger partial charge in [-0.1, -0.05) is 36.4 Å². The molecule has 3 aromatic carbocycles. The number of carbonyl (C=O) groups is 1. The summed E-state index contributed by atoms with van der Waals surface area (Å²) >= 11 is 0. The number of rotatable bonds is 7. The van der Waals surface area contributed by atoms with E-state index in [2.05, 4.69) is 5.32 Å². The summed E-state index contributed by atoms with van der Waals surface area (Å²) in [6, 6.07) is 19.5. The van der Waals surface area contributed by atoms with Gasteiger partial charge in [-0.25, -0.2) is 9.18 Å². The number of carboxylic acid groups (broad SMARTS) is 1. The number of carboxylic acids is 1. The molecule has 0 saturated heterocycles. The number of aromatic carboxylic acids is 1. The van der Waals surface area contributed by atoms with Crippen molar-refractivity contribution < 1.29 is 23.8 Å². The summed E-state index contributed by atoms with van der Waals surface area (Å²) < 4.78 is 25.9. The van der Waals surface area contributed by atoms with Gasteiger partial charge < -0.3 is 24.5 Å². The van der Waals surface area contributed by atoms with Gasteiger partial charge in [-0.15, -0.1) is 0 Å². The van der Waals surface area contributed by atoms with E-state index in [1.54, 1.807) is 16.7 Å². The molecule has 2 N–H and O–H groups in total. The van der Waals surface area contributed by atoms with Crippen LogP contribution in [0, 0.1) is 5.82 Å². The summed E-state index contributed by atoms with van der Waals surface area (Å²) in [6.45, 7) is 1.49. The topological polar surface area (TPSA) is 72.7 Å². The van der Waals surface area contributed by atoms with Gasteiger partial charge in [0.15, 0.2) is 11.5 Å². The van der Waals surface area contributed by atoms with Crippen molar-refractivity contribution in [3.05, 3.63) is 94.9 Å². The van der Waals surface area contributed by atoms with Gasteiger partial charge in [0.25, 0.3) is 0 Å². The lowest BCUT2D eigenvalue weighted by atomic mass is 10.1. The van der Waals surface area contributed by atoms with Crippen LogP contribution in [0.1, 0.15) is 27.2 Å². The summed E-state index contributed by atoms with van der Waals surface area (Å²) in [5, 5.41) is 14.3. The number of benzene rings is 3. The molecule has 7 heteroatoms. The van der Waals surface area contributed by atoms with Crippen molar-refractivity contribution in [2.75, 3.05) is 6.79 Å². The molecule has 162 valence electrons. The minimum Gasteiger partial charge on any atom is -0.477 e. The third-order valence-corrected chi connectivity index (χ3v) is 5.60. The highest BCUT2D eigenvalue weighted by Gasteiger charge is 2.22. The van der Waals surface area contributed by atoms with E-state index < -0.39 is 5.97 Å². The predicted octanol–water partition coefficient (Wildman–Crippen LogP) is 4.55. The van der Waals surface area contributed by atoms with Gasteiger partial charge in [0, 0.05) is 36.1 Å². The van der Waals surface area contributed by atoms with Crippen molar-refractivity contribution in [3.8, 4) is 11.5 Å². The molecule has 0 fully saturated rings. The van der Waals surface area contributed by atoms with Crippen LogP contribution < -0.4 is 14.8 Å². The van der Waals surface area contributed by atoms with Crippen LogP contribution >= 0.6 is 0 Å². The zero-order valence-electron chi connectivity index (χ0n) is 17.2. The van der Waals surface area contributed by atoms with Gasteiger partial charge in [0.05, 0.1) is 0 Å². The van der Waals surface area contributed by atoms with E-state index in [0.717, 1.165) is 33.3 Å². The van der Waals surface area contributed by atoms with E-state index >= 15 is 0 Å². The Balaban J connectivity index is 1.44. The predicted molar refractivity (Wildman–Crippen MR) is 118 cm³/mol. The van der Waals surface area contributed by atoms with Crippen LogP contribution in [0.15, 0.2) is 66.7 Å². The molecule has 0 atom stereocenters. The minimum absolute atomic E-state index is 0.224. The number of hydrogen-bond donors (Lipinski definition) is 2. The Labute approximate surface area is 183 Å². The maximum Gasteiger partial charge on any atom is 0.352 e. The molecule has 32 heavy (non-hydrogen) atoms. The first-order chi connectivity index (χ1) is 15.6. The van der Waals surface area contributed by atoms with Crippen molar-refractivity contribution in [1.82, 2.24) is 9.88 Å². The van der Waals surface area contributed by atoms with Crippen LogP contribution in [-0.4, -0.2) is 22.4 Å². The monoisotopic (exact) mass is 432 g/mol. The first-order valence-electron chi connectivity index (χ1n) is 10.3. The summed E-state index contributed by atoms with van der Waals surface area (Å²) in [6.07, 6.45) is 0. The molecule has 4 aromatic rings. The quantitative estimate of drug-likeness (QED) is 0.448. The summed E-state index contributed by atoms with van der Waals surface area (Å²) in [7, 11) is 0. The molecule has 0 spiro atoms. The fourth-order valence-corrected chi connectivity index (χ4v) is 4.12. The Hall–Kier alpha value is -3.84. The highest BCUT2D eigenvalue weighted by atomic mass is 19.1. The summed E-state index contributed by atoms with van der Waals surface area (Å²) in [5.41, 5.74) is 3.62. The molecule has 0 radical (unpaired) electrons. The number of aromatic nitrogens is 1. The second-order valence-electron chi connectivity index (χ2n) is 7.65. The molecule has 0 amide bonds. The van der Waals surface area contributed by atoms with E-state index in [0.29, 0.717) is 25.4 Å². The van der Waals surface area contributed by atoms with E-state index in [4.69, 9.17) is 9.47 Å². The van der Waals surface area contributed by atoms with Crippen molar-refractivity contribution in [2.24, 2.45) is 0 Å². The SMILES string of the molecule is O=C(O)c1c(CNCc2ccc3c(c2)OCO3)c2ccccc2n1Cc1ccc(F)cc1. The number of halogens is 1. The first-order valence-corrected chi connectivity index (χ1v) is 10.3. The fraction of sp³-hybridized carbons (Fsp3) is 0.160. The molecule has 1 aliphatic rings. The van der Waals surface area contributed by atoms with E-state index in [-0.39, 0.29) is 18.3 Å². The van der Waals surface area contributed by atoms with Gasteiger partial charge in [-0.2, -0.15) is 0 Å². The van der Waals surface area contributed by atoms with Crippen molar-refractivity contribution in [1.29, 1.82) is 0 Å². The molecule has 5 rings (SSSR count). The largest absolute Gasteiger partial charge is 0.477 e. The molecule has 2 heterocycles. The van der Waals surface area contributed by atoms with Gasteiger partial charge in [-0.05, 0) is 41.5 Å². The zero-order chi connectivity index (χ0) is 22.1. The zero-order valence-corrected chi connectivity index (χ0v) is 17.2. The number of nitrogens with one attached hydrogen (secondary N) is 1. The van der Waals surface area contributed by atoms with E-state index in [1.165, 1.54) is 12.1 Å². The number of hydrogen-bond acceptors (Lipinski definition) is 4. The lowest BCUT2D eigenvalue weighted by molar-refractivity contribution is 0.0684. The molecule has 0 bridgehead atoms. The molecular weight excluding hydrogens is 411 g/mol. The van der Waals surface area contributed by atoms with Crippen LogP contribution in [0.5, 0.6) is 11.5 Å². The maximum absolute atomic E-state index is 13.3. The van der Waals surface area contributed by atoms with Crippen LogP contribution in [-0.2, 0) is 19.6 Å². The van der Waals surface area contributed by atoms with Crippen LogP contribution in [0.4, 0.5) is 4.39 Å². The maximum atomic E-state index is 13.3. The number of para-hydroxylation sites is 1. The van der Waals surface area contributed by atoms with Gasteiger partial charge in [0.2, 0.25) is 6.79 Å². The molecular formula is C25H21FN2O4. The molecule has 0 saturated carbocycles. The number of nitrogens with zero attached hydrogens (tertiary/aromatic N) is 1. The lowest BCUT2D eigenvalue weighted by Gasteiger charge is -2.10. The minimum atomic E-state index is -0.997. The molecule has 0 unspecified atom stereocenters. The highest BCUT2D eigenvalue weighted by molar-refractivity contribution is 5.98. The Bertz CT molecular complexity index is 1300. The average molecular weight is 432 g/mol. The standard InChI is InChI=1S/C25H21FN2O4/c26-18-8-5-16(6-9-18)14-28-21-4-2-1-3-19(21)20(24(28)25(29)30)13-27-12-17-7-10-22-23(11-17)32-15-31-22/h1-11,27H,12-15H2,(H,29,30). The third kappa shape index (κ3) is 3.78. The Morgan fingerprint density at radius 3 is 2.53 bits per heavy atom. The van der Waals surface area contributed by atoms with Crippen LogP contribution in [0.25, 0.3) is 10.9 Å². The van der Waals surface area contributed by atoms with E-state index in [1.807, 2.05) is 42.5 Å². The Morgan fingerprint density at radius 2 is 1.72 bits per heavy atom. The van der Waals surface area contributed by atoms with Crippen molar-refractivity contribution in [2.45, 2.75) is 19.6 Å². The highest BCUT2D eigenvalue weighted by Crippen LogP contribution is 2.32. The van der Waals surface area contributed by atoms with Crippen LogP contribution in [0.2, 0.25) is 0 Å². The number of ether oxygens (including phenoxy) is 2. The van der Waals surface area contributed by atoms with Gasteiger partial charge >= 0.3 is 5.97 Å². The van der Waals surface area contributed by atoms with E-state index in [9.17, 15) is 14.3 Å². The van der Waals surface area contributed by atoms with Crippen molar-refractivity contribution in [3.63, 3.8) is 0 Å². The Kier molecular flexibility index (Phi) is 5.25. The smallest absolute Gasteiger partial charge is 0.352 e. The van der Waals surface area contributed by atoms with Gasteiger partial charge in [0.1, 0.15) is 11.5 Å². The second kappa shape index (κ2) is 8.36. The van der Waals surface area contributed by atoms with Crippen molar-refractivity contribution >= 4 is 16.9 Å². The lowest BCUT2D eigenvalue weighted by Crippen LogP contribution is -2.17. The first kappa shape index (κ1) is 20.1. The molecule has 1 aliphatic heterocycles. The third-order valence-electron chi connectivity index (χ3n) is 5.60. The second-order valence-corrected chi connectivity index (χ2v) is 7.65. The summed E-state index contributed by atoms with van der Waals surface area (Å²) in [5.74, 6) is 0.123. The molecule has 0 aliphatic carbocycles. The molecule has 6 nitrogen and oxygen atoms in total. The summed E-state index contributed by atoms with van der Waals surface area (Å²) in [4.78, 5) is 12.3. The number of fused-ring (bicyclic) bond motifs is 2. The average Bonchev–Trinajstić information content (AvgIpc) is 3.38. The van der Waals surface area contributed by atoms with Crippen LogP contribution in [0.3, 0.4) is 0 Å².